The second-order valence-electron chi connectivity index (χ2n) is 5.04. The molecular formula is C16H20N4O. The van der Waals surface area contributed by atoms with Crippen molar-refractivity contribution in [3.05, 3.63) is 42.2 Å². The Kier molecular flexibility index (Phi) is 4.31. The average Bonchev–Trinajstić information content (AvgIpc) is 2.57. The molecule has 0 amide bonds. The third-order valence-corrected chi connectivity index (χ3v) is 3.62. The second kappa shape index (κ2) is 6.54. The predicted molar refractivity (Wildman–Crippen MR) is 84.2 cm³/mol. The SMILES string of the molecule is CCc1ccc(Nc2cc(N3CCOCC3)ncn2)cc1. The molecule has 1 aromatic heterocycles. The summed E-state index contributed by atoms with van der Waals surface area (Å²) in [5, 5.41) is 3.33. The summed E-state index contributed by atoms with van der Waals surface area (Å²) in [6.07, 6.45) is 2.66. The first-order chi connectivity index (χ1) is 10.3. The Balaban J connectivity index is 1.72. The van der Waals surface area contributed by atoms with E-state index in [1.54, 1.807) is 6.33 Å². The van der Waals surface area contributed by atoms with Gasteiger partial charge in [0.25, 0.3) is 0 Å². The molecule has 1 fully saturated rings. The number of morpholine rings is 1. The Morgan fingerprint density at radius 2 is 1.90 bits per heavy atom. The van der Waals surface area contributed by atoms with E-state index in [4.69, 9.17) is 4.74 Å². The largest absolute Gasteiger partial charge is 0.378 e. The molecule has 0 spiro atoms. The Hall–Kier alpha value is -2.14. The summed E-state index contributed by atoms with van der Waals surface area (Å²) in [5.41, 5.74) is 2.37. The highest BCUT2D eigenvalue weighted by Gasteiger charge is 2.12. The predicted octanol–water partition coefficient (Wildman–Crippen LogP) is 2.62. The fourth-order valence-corrected chi connectivity index (χ4v) is 2.35. The lowest BCUT2D eigenvalue weighted by atomic mass is 10.1. The second-order valence-corrected chi connectivity index (χ2v) is 5.04. The summed E-state index contributed by atoms with van der Waals surface area (Å²) in [6, 6.07) is 10.4. The molecule has 2 heterocycles. The van der Waals surface area contributed by atoms with Gasteiger partial charge in [0.2, 0.25) is 0 Å². The van der Waals surface area contributed by atoms with Crippen LogP contribution in [0.25, 0.3) is 0 Å². The van der Waals surface area contributed by atoms with E-state index in [0.717, 1.165) is 50.0 Å². The average molecular weight is 284 g/mol. The molecule has 0 bridgehead atoms. The van der Waals surface area contributed by atoms with Crippen LogP contribution >= 0.6 is 0 Å². The van der Waals surface area contributed by atoms with Crippen molar-refractivity contribution in [1.29, 1.82) is 0 Å². The van der Waals surface area contributed by atoms with E-state index >= 15 is 0 Å². The van der Waals surface area contributed by atoms with Crippen LogP contribution in [-0.2, 0) is 11.2 Å². The van der Waals surface area contributed by atoms with Gasteiger partial charge in [0, 0.05) is 24.8 Å². The molecule has 21 heavy (non-hydrogen) atoms. The zero-order valence-electron chi connectivity index (χ0n) is 12.2. The number of ether oxygens (including phenoxy) is 1. The fourth-order valence-electron chi connectivity index (χ4n) is 2.35. The molecule has 2 aromatic rings. The van der Waals surface area contributed by atoms with Gasteiger partial charge in [-0.05, 0) is 24.1 Å². The normalized spacial score (nSPS) is 15.0. The molecule has 0 atom stereocenters. The molecule has 5 heteroatoms. The first kappa shape index (κ1) is 13.8. The van der Waals surface area contributed by atoms with Gasteiger partial charge in [-0.2, -0.15) is 0 Å². The molecule has 110 valence electrons. The summed E-state index contributed by atoms with van der Waals surface area (Å²) in [7, 11) is 0. The summed E-state index contributed by atoms with van der Waals surface area (Å²) in [5.74, 6) is 1.76. The van der Waals surface area contributed by atoms with Crippen molar-refractivity contribution in [1.82, 2.24) is 9.97 Å². The van der Waals surface area contributed by atoms with Crippen molar-refractivity contribution in [3.63, 3.8) is 0 Å². The van der Waals surface area contributed by atoms with E-state index in [-0.39, 0.29) is 0 Å². The minimum absolute atomic E-state index is 0.755. The summed E-state index contributed by atoms with van der Waals surface area (Å²) >= 11 is 0. The van der Waals surface area contributed by atoms with Crippen LogP contribution in [0.3, 0.4) is 0 Å². The molecule has 0 saturated carbocycles. The van der Waals surface area contributed by atoms with Crippen molar-refractivity contribution < 1.29 is 4.74 Å². The van der Waals surface area contributed by atoms with Gasteiger partial charge in [0.05, 0.1) is 13.2 Å². The third kappa shape index (κ3) is 3.49. The highest BCUT2D eigenvalue weighted by Crippen LogP contribution is 2.19. The van der Waals surface area contributed by atoms with Gasteiger partial charge in [-0.1, -0.05) is 19.1 Å². The molecule has 1 saturated heterocycles. The molecule has 0 unspecified atom stereocenters. The highest BCUT2D eigenvalue weighted by atomic mass is 16.5. The van der Waals surface area contributed by atoms with Gasteiger partial charge in [0.15, 0.2) is 0 Å². The van der Waals surface area contributed by atoms with E-state index in [0.29, 0.717) is 0 Å². The summed E-state index contributed by atoms with van der Waals surface area (Å²) in [4.78, 5) is 10.9. The van der Waals surface area contributed by atoms with E-state index in [2.05, 4.69) is 51.4 Å². The third-order valence-electron chi connectivity index (χ3n) is 3.62. The number of benzene rings is 1. The number of nitrogens with one attached hydrogen (secondary N) is 1. The van der Waals surface area contributed by atoms with E-state index in [9.17, 15) is 0 Å². The van der Waals surface area contributed by atoms with Crippen LogP contribution in [0.4, 0.5) is 17.3 Å². The number of hydrogen-bond acceptors (Lipinski definition) is 5. The first-order valence-electron chi connectivity index (χ1n) is 7.36. The Labute approximate surface area is 125 Å². The van der Waals surface area contributed by atoms with Crippen molar-refractivity contribution in [3.8, 4) is 0 Å². The monoisotopic (exact) mass is 284 g/mol. The lowest BCUT2D eigenvalue weighted by Gasteiger charge is -2.27. The zero-order chi connectivity index (χ0) is 14.5. The van der Waals surface area contributed by atoms with Gasteiger partial charge in [-0.3, -0.25) is 0 Å². The molecule has 1 aliphatic rings. The number of aromatic nitrogens is 2. The van der Waals surface area contributed by atoms with Crippen LogP contribution in [0.1, 0.15) is 12.5 Å². The lowest BCUT2D eigenvalue weighted by Crippen LogP contribution is -2.36. The maximum absolute atomic E-state index is 5.37. The molecule has 0 aliphatic carbocycles. The van der Waals surface area contributed by atoms with Crippen LogP contribution < -0.4 is 10.2 Å². The van der Waals surface area contributed by atoms with Gasteiger partial charge >= 0.3 is 0 Å². The van der Waals surface area contributed by atoms with Gasteiger partial charge in [-0.15, -0.1) is 0 Å². The number of nitrogens with zero attached hydrogens (tertiary/aromatic N) is 3. The van der Waals surface area contributed by atoms with Gasteiger partial charge in [-0.25, -0.2) is 9.97 Å². The van der Waals surface area contributed by atoms with Crippen molar-refractivity contribution in [2.24, 2.45) is 0 Å². The smallest absolute Gasteiger partial charge is 0.135 e. The van der Waals surface area contributed by atoms with Crippen molar-refractivity contribution in [2.45, 2.75) is 13.3 Å². The van der Waals surface area contributed by atoms with Gasteiger partial charge < -0.3 is 15.0 Å². The molecular weight excluding hydrogens is 264 g/mol. The maximum atomic E-state index is 5.37. The summed E-state index contributed by atoms with van der Waals surface area (Å²) in [6.45, 7) is 5.42. The molecule has 0 radical (unpaired) electrons. The minimum atomic E-state index is 0.755. The number of anilines is 3. The van der Waals surface area contributed by atoms with Crippen molar-refractivity contribution >= 4 is 17.3 Å². The fraction of sp³-hybridized carbons (Fsp3) is 0.375. The topological polar surface area (TPSA) is 50.3 Å². The quantitative estimate of drug-likeness (QED) is 0.935. The van der Waals surface area contributed by atoms with E-state index in [1.165, 1.54) is 5.56 Å². The molecule has 1 aromatic carbocycles. The van der Waals surface area contributed by atoms with E-state index in [1.807, 2.05) is 6.07 Å². The number of aryl methyl sites for hydroxylation is 1. The summed E-state index contributed by atoms with van der Waals surface area (Å²) < 4.78 is 5.37. The van der Waals surface area contributed by atoms with Crippen LogP contribution in [0, 0.1) is 0 Å². The lowest BCUT2D eigenvalue weighted by molar-refractivity contribution is 0.122. The van der Waals surface area contributed by atoms with Crippen LogP contribution in [-0.4, -0.2) is 36.3 Å². The van der Waals surface area contributed by atoms with Crippen LogP contribution in [0.2, 0.25) is 0 Å². The first-order valence-corrected chi connectivity index (χ1v) is 7.36. The number of hydrogen-bond donors (Lipinski definition) is 1. The Morgan fingerprint density at radius 3 is 2.62 bits per heavy atom. The van der Waals surface area contributed by atoms with Crippen molar-refractivity contribution in [2.75, 3.05) is 36.5 Å². The standard InChI is InChI=1S/C16H20N4O/c1-2-13-3-5-14(6-4-13)19-15-11-16(18-12-17-15)20-7-9-21-10-8-20/h3-6,11-12H,2,7-10H2,1H3,(H,17,18,19). The van der Waals surface area contributed by atoms with Crippen LogP contribution in [0.5, 0.6) is 0 Å². The number of rotatable bonds is 4. The molecule has 3 rings (SSSR count). The molecule has 1 aliphatic heterocycles. The zero-order valence-corrected chi connectivity index (χ0v) is 12.2. The minimum Gasteiger partial charge on any atom is -0.378 e. The molecule has 5 nitrogen and oxygen atoms in total. The Morgan fingerprint density at radius 1 is 1.14 bits per heavy atom. The maximum Gasteiger partial charge on any atom is 0.135 e. The Bertz CT molecular complexity index is 579. The highest BCUT2D eigenvalue weighted by molar-refractivity contribution is 5.59. The molecule has 1 N–H and O–H groups in total. The van der Waals surface area contributed by atoms with E-state index < -0.39 is 0 Å². The van der Waals surface area contributed by atoms with Crippen LogP contribution in [0.15, 0.2) is 36.7 Å². The van der Waals surface area contributed by atoms with Gasteiger partial charge in [0.1, 0.15) is 18.0 Å².